The quantitative estimate of drug-likeness (QED) is 0.785. The first-order chi connectivity index (χ1) is 9.30. The van der Waals surface area contributed by atoms with Gasteiger partial charge in [0.05, 0.1) is 12.1 Å². The van der Waals surface area contributed by atoms with Crippen LogP contribution in [-0.4, -0.2) is 9.67 Å². The predicted octanol–water partition coefficient (Wildman–Crippen LogP) is 4.35. The van der Waals surface area contributed by atoms with Gasteiger partial charge in [-0.15, -0.1) is 0 Å². The number of unbranched alkanes of at least 4 members (excludes halogenated alkanes) is 1. The maximum Gasteiger partial charge on any atom is 0.0702 e. The van der Waals surface area contributed by atoms with Gasteiger partial charge in [-0.25, -0.2) is 0 Å². The molecule has 2 nitrogen and oxygen atoms in total. The zero-order valence-corrected chi connectivity index (χ0v) is 12.1. The second kappa shape index (κ2) is 6.76. The van der Waals surface area contributed by atoms with Crippen LogP contribution in [0, 0.1) is 5.92 Å². The van der Waals surface area contributed by atoms with Gasteiger partial charge in [-0.3, -0.25) is 0 Å². The summed E-state index contributed by atoms with van der Waals surface area (Å²) in [5, 5.41) is 10.7. The smallest absolute Gasteiger partial charge is 0.0702 e. The molecule has 19 heavy (non-hydrogen) atoms. The Kier molecular flexibility index (Phi) is 5.03. The molecule has 0 saturated heterocycles. The van der Waals surface area contributed by atoms with Crippen molar-refractivity contribution in [1.29, 1.82) is 0 Å². The lowest BCUT2D eigenvalue weighted by Crippen LogP contribution is -2.10. The predicted molar refractivity (Wildman–Crippen MR) is 81.2 cm³/mol. The van der Waals surface area contributed by atoms with Crippen LogP contribution in [0.1, 0.15) is 45.1 Å². The maximum atomic E-state index is 9.50. The average Bonchev–Trinajstić information content (AvgIpc) is 2.86. The Balaban J connectivity index is 2.24. The lowest BCUT2D eigenvalue weighted by Gasteiger charge is -2.17. The van der Waals surface area contributed by atoms with Crippen LogP contribution >= 0.6 is 0 Å². The van der Waals surface area contributed by atoms with Crippen molar-refractivity contribution in [1.82, 2.24) is 4.57 Å². The largest absolute Gasteiger partial charge is 0.392 e. The van der Waals surface area contributed by atoms with Gasteiger partial charge in [0.2, 0.25) is 0 Å². The monoisotopic (exact) mass is 259 g/mol. The summed E-state index contributed by atoms with van der Waals surface area (Å²) in [5.74, 6) is 0.738. The van der Waals surface area contributed by atoms with Gasteiger partial charge in [0.1, 0.15) is 0 Å². The Labute approximate surface area is 116 Å². The van der Waals surface area contributed by atoms with Gasteiger partial charge in [-0.2, -0.15) is 0 Å². The molecular weight excluding hydrogens is 234 g/mol. The summed E-state index contributed by atoms with van der Waals surface area (Å²) in [5.41, 5.74) is 2.24. The minimum atomic E-state index is 0.118. The van der Waals surface area contributed by atoms with E-state index in [1.807, 2.05) is 12.1 Å². The van der Waals surface area contributed by atoms with E-state index in [-0.39, 0.29) is 6.61 Å². The summed E-state index contributed by atoms with van der Waals surface area (Å²) in [6.45, 7) is 5.71. The standard InChI is InChI=1S/C17H25NO/c1-3-5-7-14(4-2)12-18-11-10-15-8-6-9-16(13-19)17(15)18/h6,8-11,14,19H,3-5,7,12-13H2,1-2H3. The number of rotatable bonds is 7. The lowest BCUT2D eigenvalue weighted by atomic mass is 9.99. The molecule has 2 aromatic rings. The molecule has 0 radical (unpaired) electrons. The summed E-state index contributed by atoms with van der Waals surface area (Å²) in [6.07, 6.45) is 7.27. The third-order valence-corrected chi connectivity index (χ3v) is 4.04. The molecule has 0 aliphatic heterocycles. The number of hydrogen-bond acceptors (Lipinski definition) is 1. The van der Waals surface area contributed by atoms with E-state index in [0.717, 1.165) is 18.0 Å². The Morgan fingerprint density at radius 3 is 2.74 bits per heavy atom. The summed E-state index contributed by atoms with van der Waals surface area (Å²) >= 11 is 0. The van der Waals surface area contributed by atoms with Crippen molar-refractivity contribution >= 4 is 10.9 Å². The first-order valence-electron chi connectivity index (χ1n) is 7.47. The number of fused-ring (bicyclic) bond motifs is 1. The lowest BCUT2D eigenvalue weighted by molar-refractivity contribution is 0.282. The van der Waals surface area contributed by atoms with Crippen molar-refractivity contribution in [3.05, 3.63) is 36.0 Å². The van der Waals surface area contributed by atoms with Crippen molar-refractivity contribution in [2.45, 2.75) is 52.7 Å². The molecule has 1 unspecified atom stereocenters. The maximum absolute atomic E-state index is 9.50. The zero-order chi connectivity index (χ0) is 13.7. The first-order valence-corrected chi connectivity index (χ1v) is 7.47. The van der Waals surface area contributed by atoms with Crippen molar-refractivity contribution in [3.63, 3.8) is 0 Å². The van der Waals surface area contributed by atoms with E-state index in [1.165, 1.54) is 36.6 Å². The third-order valence-electron chi connectivity index (χ3n) is 4.04. The summed E-state index contributed by atoms with van der Waals surface area (Å²) in [7, 11) is 0. The van der Waals surface area contributed by atoms with Gasteiger partial charge < -0.3 is 9.67 Å². The number of aliphatic hydroxyl groups is 1. The second-order valence-corrected chi connectivity index (χ2v) is 5.40. The van der Waals surface area contributed by atoms with Crippen molar-refractivity contribution in [2.75, 3.05) is 0 Å². The minimum absolute atomic E-state index is 0.118. The van der Waals surface area contributed by atoms with Crippen LogP contribution in [0.2, 0.25) is 0 Å². The van der Waals surface area contributed by atoms with Crippen LogP contribution in [0.3, 0.4) is 0 Å². The number of aromatic nitrogens is 1. The Hall–Kier alpha value is -1.28. The molecular formula is C17H25NO. The van der Waals surface area contributed by atoms with Crippen LogP contribution in [-0.2, 0) is 13.2 Å². The number of para-hydroxylation sites is 1. The van der Waals surface area contributed by atoms with Crippen molar-refractivity contribution in [2.24, 2.45) is 5.92 Å². The summed E-state index contributed by atoms with van der Waals surface area (Å²) in [4.78, 5) is 0. The first kappa shape index (κ1) is 14.1. The molecule has 1 aromatic heterocycles. The third kappa shape index (κ3) is 3.19. The van der Waals surface area contributed by atoms with Gasteiger partial charge >= 0.3 is 0 Å². The molecule has 1 N–H and O–H groups in total. The Morgan fingerprint density at radius 1 is 1.21 bits per heavy atom. The molecule has 0 amide bonds. The molecule has 1 aromatic carbocycles. The van der Waals surface area contributed by atoms with Crippen LogP contribution < -0.4 is 0 Å². The molecule has 104 valence electrons. The Morgan fingerprint density at radius 2 is 2.05 bits per heavy atom. The van der Waals surface area contributed by atoms with E-state index >= 15 is 0 Å². The SMILES string of the molecule is CCCCC(CC)Cn1ccc2cccc(CO)c21. The van der Waals surface area contributed by atoms with E-state index in [1.54, 1.807) is 0 Å². The number of nitrogens with zero attached hydrogens (tertiary/aromatic N) is 1. The molecule has 0 saturated carbocycles. The van der Waals surface area contributed by atoms with Gasteiger partial charge in [0.25, 0.3) is 0 Å². The fourth-order valence-corrected chi connectivity index (χ4v) is 2.82. The molecule has 2 rings (SSSR count). The Bertz CT molecular complexity index is 515. The van der Waals surface area contributed by atoms with Crippen molar-refractivity contribution in [3.8, 4) is 0 Å². The molecule has 0 aliphatic carbocycles. The van der Waals surface area contributed by atoms with E-state index in [2.05, 4.69) is 36.7 Å². The van der Waals surface area contributed by atoms with Crippen LogP contribution in [0.15, 0.2) is 30.5 Å². The molecule has 0 fully saturated rings. The van der Waals surface area contributed by atoms with E-state index in [0.29, 0.717) is 0 Å². The summed E-state index contributed by atoms with van der Waals surface area (Å²) in [6, 6.07) is 8.32. The molecule has 2 heteroatoms. The van der Waals surface area contributed by atoms with E-state index in [9.17, 15) is 5.11 Å². The van der Waals surface area contributed by atoms with Gasteiger partial charge in [-0.05, 0) is 23.8 Å². The molecule has 0 spiro atoms. The number of benzene rings is 1. The number of aliphatic hydroxyl groups excluding tert-OH is 1. The average molecular weight is 259 g/mol. The van der Waals surface area contributed by atoms with Crippen LogP contribution in [0.4, 0.5) is 0 Å². The second-order valence-electron chi connectivity index (χ2n) is 5.40. The minimum Gasteiger partial charge on any atom is -0.392 e. The topological polar surface area (TPSA) is 25.2 Å². The normalized spacial score (nSPS) is 13.0. The fourth-order valence-electron chi connectivity index (χ4n) is 2.82. The molecule has 1 atom stereocenters. The highest BCUT2D eigenvalue weighted by Crippen LogP contribution is 2.23. The number of hydrogen-bond donors (Lipinski definition) is 1. The zero-order valence-electron chi connectivity index (χ0n) is 12.1. The van der Waals surface area contributed by atoms with E-state index < -0.39 is 0 Å². The van der Waals surface area contributed by atoms with Gasteiger partial charge in [0.15, 0.2) is 0 Å². The fraction of sp³-hybridized carbons (Fsp3) is 0.529. The highest BCUT2D eigenvalue weighted by molar-refractivity contribution is 5.83. The van der Waals surface area contributed by atoms with E-state index in [4.69, 9.17) is 0 Å². The molecule has 1 heterocycles. The van der Waals surface area contributed by atoms with Crippen LogP contribution in [0.5, 0.6) is 0 Å². The van der Waals surface area contributed by atoms with Gasteiger partial charge in [-0.1, -0.05) is 51.3 Å². The summed E-state index contributed by atoms with van der Waals surface area (Å²) < 4.78 is 2.32. The van der Waals surface area contributed by atoms with Crippen LogP contribution in [0.25, 0.3) is 10.9 Å². The highest BCUT2D eigenvalue weighted by Gasteiger charge is 2.11. The molecule has 0 bridgehead atoms. The van der Waals surface area contributed by atoms with Crippen molar-refractivity contribution < 1.29 is 5.11 Å². The highest BCUT2D eigenvalue weighted by atomic mass is 16.3. The van der Waals surface area contributed by atoms with Gasteiger partial charge in [0, 0.05) is 18.3 Å². The molecule has 0 aliphatic rings.